The summed E-state index contributed by atoms with van der Waals surface area (Å²) in [6, 6.07) is 21.7. The first kappa shape index (κ1) is 24.0. The minimum atomic E-state index is -0.189. The lowest BCUT2D eigenvalue weighted by Crippen LogP contribution is -2.54. The van der Waals surface area contributed by atoms with Crippen LogP contribution in [0.2, 0.25) is 5.02 Å². The Morgan fingerprint density at radius 2 is 1.81 bits per heavy atom. The van der Waals surface area contributed by atoms with Crippen molar-refractivity contribution in [1.29, 1.82) is 0 Å². The van der Waals surface area contributed by atoms with Crippen LogP contribution in [-0.4, -0.2) is 42.4 Å². The smallest absolute Gasteiger partial charge is 0.251 e. The van der Waals surface area contributed by atoms with Crippen LogP contribution in [0.15, 0.2) is 66.7 Å². The molecule has 0 saturated carbocycles. The number of H-pyrrole nitrogens is 1. The number of carbonyl (C=O) groups is 1. The molecule has 6 rings (SSSR count). The number of aromatic nitrogens is 2. The summed E-state index contributed by atoms with van der Waals surface area (Å²) in [5.74, 6) is 1.53. The summed E-state index contributed by atoms with van der Waals surface area (Å²) >= 11 is 6.45. The molecular weight excluding hydrogens is 484 g/mol. The second-order valence-electron chi connectivity index (χ2n) is 10.6. The molecule has 3 aromatic carbocycles. The lowest BCUT2D eigenvalue weighted by atomic mass is 9.84. The molecule has 1 atom stereocenters. The van der Waals surface area contributed by atoms with Gasteiger partial charge >= 0.3 is 0 Å². The Kier molecular flexibility index (Phi) is 6.39. The van der Waals surface area contributed by atoms with Crippen molar-refractivity contribution in [2.24, 2.45) is 17.8 Å². The van der Waals surface area contributed by atoms with Gasteiger partial charge in [0.15, 0.2) is 0 Å². The van der Waals surface area contributed by atoms with Crippen LogP contribution in [0.1, 0.15) is 35.8 Å². The highest BCUT2D eigenvalue weighted by molar-refractivity contribution is 6.31. The number of hydrogen-bond donors (Lipinski definition) is 2. The molecule has 0 radical (unpaired) electrons. The Balaban J connectivity index is 1.21. The Morgan fingerprint density at radius 3 is 2.49 bits per heavy atom. The molecule has 2 N–H and O–H groups in total. The fraction of sp³-hybridized carbons (Fsp3) is 0.333. The van der Waals surface area contributed by atoms with Crippen molar-refractivity contribution in [3.8, 4) is 11.3 Å². The van der Waals surface area contributed by atoms with Gasteiger partial charge in [0.1, 0.15) is 0 Å². The molecular formula is C30H31ClN4O2. The highest BCUT2D eigenvalue weighted by Crippen LogP contribution is 2.35. The van der Waals surface area contributed by atoms with Crippen LogP contribution < -0.4 is 10.2 Å². The minimum absolute atomic E-state index is 0.132. The zero-order chi connectivity index (χ0) is 25.5. The Labute approximate surface area is 222 Å². The number of fused-ring (bicyclic) bond motifs is 1. The summed E-state index contributed by atoms with van der Waals surface area (Å²) in [6.45, 7) is 8.20. The SMILES string of the molecule is CC(C)[C@H](NC(=O)c1ccc2[nH]nc(-c3ccc(N4CC(C5COC5)C4)cc3)c2c1)c1ccccc1Cl. The predicted octanol–water partition coefficient (Wildman–Crippen LogP) is 6.09. The van der Waals surface area contributed by atoms with Crippen LogP contribution in [0.4, 0.5) is 5.69 Å². The molecule has 190 valence electrons. The first-order valence-electron chi connectivity index (χ1n) is 12.9. The fourth-order valence-corrected chi connectivity index (χ4v) is 5.56. The Hall–Kier alpha value is -3.35. The van der Waals surface area contributed by atoms with Crippen LogP contribution in [0, 0.1) is 17.8 Å². The summed E-state index contributed by atoms with van der Waals surface area (Å²) in [7, 11) is 0. The largest absolute Gasteiger partial charge is 0.381 e. The van der Waals surface area contributed by atoms with E-state index in [0.29, 0.717) is 10.6 Å². The predicted molar refractivity (Wildman–Crippen MR) is 148 cm³/mol. The summed E-state index contributed by atoms with van der Waals surface area (Å²) in [6.07, 6.45) is 0. The quantitative estimate of drug-likeness (QED) is 0.313. The molecule has 3 heterocycles. The van der Waals surface area contributed by atoms with Gasteiger partial charge in [-0.2, -0.15) is 5.10 Å². The van der Waals surface area contributed by atoms with Crippen LogP contribution in [0.5, 0.6) is 0 Å². The highest BCUT2D eigenvalue weighted by Gasteiger charge is 2.37. The number of hydrogen-bond acceptors (Lipinski definition) is 4. The molecule has 2 aliphatic heterocycles. The molecule has 37 heavy (non-hydrogen) atoms. The van der Waals surface area contributed by atoms with Gasteiger partial charge in [0.2, 0.25) is 0 Å². The van der Waals surface area contributed by atoms with Crippen molar-refractivity contribution >= 4 is 34.1 Å². The number of amides is 1. The van der Waals surface area contributed by atoms with Gasteiger partial charge in [-0.15, -0.1) is 0 Å². The maximum atomic E-state index is 13.3. The van der Waals surface area contributed by atoms with E-state index in [2.05, 4.69) is 58.5 Å². The van der Waals surface area contributed by atoms with E-state index in [1.807, 2.05) is 42.5 Å². The number of aromatic amines is 1. The molecule has 2 saturated heterocycles. The molecule has 0 aliphatic carbocycles. The Bertz CT molecular complexity index is 1420. The van der Waals surface area contributed by atoms with Crippen LogP contribution in [0.3, 0.4) is 0 Å². The molecule has 6 nitrogen and oxygen atoms in total. The summed E-state index contributed by atoms with van der Waals surface area (Å²) in [4.78, 5) is 15.7. The van der Waals surface area contributed by atoms with Gasteiger partial charge in [-0.3, -0.25) is 9.89 Å². The monoisotopic (exact) mass is 514 g/mol. The molecule has 0 spiro atoms. The van der Waals surface area contributed by atoms with E-state index in [0.717, 1.165) is 65.9 Å². The van der Waals surface area contributed by atoms with Crippen molar-refractivity contribution in [2.45, 2.75) is 19.9 Å². The van der Waals surface area contributed by atoms with Gasteiger partial charge in [-0.05, 0) is 47.9 Å². The van der Waals surface area contributed by atoms with Gasteiger partial charge in [-0.1, -0.05) is 55.8 Å². The topological polar surface area (TPSA) is 70.2 Å². The van der Waals surface area contributed by atoms with E-state index in [-0.39, 0.29) is 17.9 Å². The lowest BCUT2D eigenvalue weighted by molar-refractivity contribution is -0.0659. The zero-order valence-corrected chi connectivity index (χ0v) is 21.8. The second kappa shape index (κ2) is 9.84. The lowest BCUT2D eigenvalue weighted by Gasteiger charge is -2.47. The van der Waals surface area contributed by atoms with E-state index >= 15 is 0 Å². The third-order valence-electron chi connectivity index (χ3n) is 7.76. The maximum Gasteiger partial charge on any atom is 0.251 e. The van der Waals surface area contributed by atoms with Gasteiger partial charge in [0.25, 0.3) is 5.91 Å². The third kappa shape index (κ3) is 4.60. The van der Waals surface area contributed by atoms with Crippen molar-refractivity contribution in [3.63, 3.8) is 0 Å². The van der Waals surface area contributed by atoms with Crippen LogP contribution in [-0.2, 0) is 4.74 Å². The van der Waals surface area contributed by atoms with Crippen LogP contribution >= 0.6 is 11.6 Å². The van der Waals surface area contributed by atoms with E-state index < -0.39 is 0 Å². The molecule has 7 heteroatoms. The number of anilines is 1. The highest BCUT2D eigenvalue weighted by atomic mass is 35.5. The molecule has 1 aromatic heterocycles. The summed E-state index contributed by atoms with van der Waals surface area (Å²) in [5, 5.41) is 12.5. The second-order valence-corrected chi connectivity index (χ2v) is 11.0. The van der Waals surface area contributed by atoms with Crippen molar-refractivity contribution in [2.75, 3.05) is 31.2 Å². The summed E-state index contributed by atoms with van der Waals surface area (Å²) < 4.78 is 5.34. The van der Waals surface area contributed by atoms with E-state index in [1.54, 1.807) is 0 Å². The molecule has 0 unspecified atom stereocenters. The van der Waals surface area contributed by atoms with Gasteiger partial charge in [0.05, 0.1) is 30.5 Å². The number of ether oxygens (including phenoxy) is 1. The van der Waals surface area contributed by atoms with Gasteiger partial charge in [0, 0.05) is 52.1 Å². The minimum Gasteiger partial charge on any atom is -0.381 e. The van der Waals surface area contributed by atoms with E-state index in [4.69, 9.17) is 16.3 Å². The van der Waals surface area contributed by atoms with E-state index in [1.165, 1.54) is 5.69 Å². The molecule has 4 aromatic rings. The summed E-state index contributed by atoms with van der Waals surface area (Å²) in [5.41, 5.74) is 5.52. The van der Waals surface area contributed by atoms with Crippen molar-refractivity contribution in [3.05, 3.63) is 82.9 Å². The average molecular weight is 515 g/mol. The standard InChI is InChI=1S/C30H31ClN4O2/c1-18(2)28(24-5-3-4-6-26(24)31)32-30(36)20-9-12-27-25(13-20)29(34-33-27)19-7-10-23(11-8-19)35-14-21(15-35)22-16-37-17-22/h3-13,18,21-22,28H,14-17H2,1-2H3,(H,32,36)(H,33,34)/t28-/m0/s1. The number of rotatable bonds is 7. The fourth-order valence-electron chi connectivity index (χ4n) is 5.31. The Morgan fingerprint density at radius 1 is 1.05 bits per heavy atom. The molecule has 1 amide bonds. The molecule has 0 bridgehead atoms. The normalized spacial score (nSPS) is 17.0. The van der Waals surface area contributed by atoms with E-state index in [9.17, 15) is 4.79 Å². The number of halogens is 1. The van der Waals surface area contributed by atoms with Crippen LogP contribution in [0.25, 0.3) is 22.2 Å². The number of nitrogens with zero attached hydrogens (tertiary/aromatic N) is 2. The average Bonchev–Trinajstić information content (AvgIpc) is 3.27. The zero-order valence-electron chi connectivity index (χ0n) is 21.1. The van der Waals surface area contributed by atoms with Crippen molar-refractivity contribution in [1.82, 2.24) is 15.5 Å². The first-order chi connectivity index (χ1) is 18.0. The van der Waals surface area contributed by atoms with Gasteiger partial charge in [-0.25, -0.2) is 0 Å². The van der Waals surface area contributed by atoms with Crippen molar-refractivity contribution < 1.29 is 9.53 Å². The molecule has 2 fully saturated rings. The third-order valence-corrected chi connectivity index (χ3v) is 8.11. The first-order valence-corrected chi connectivity index (χ1v) is 13.3. The molecule has 2 aliphatic rings. The van der Waals surface area contributed by atoms with Gasteiger partial charge < -0.3 is 15.0 Å². The number of benzene rings is 3. The maximum absolute atomic E-state index is 13.3. The number of nitrogens with one attached hydrogen (secondary N) is 2. The number of carbonyl (C=O) groups excluding carboxylic acids is 1.